The monoisotopic (exact) mass is 385 g/mol. The maximum atomic E-state index is 4.22. The van der Waals surface area contributed by atoms with Gasteiger partial charge in [0.2, 0.25) is 0 Å². The molecule has 2 aromatic rings. The van der Waals surface area contributed by atoms with Gasteiger partial charge in [0.25, 0.3) is 0 Å². The van der Waals surface area contributed by atoms with Crippen LogP contribution in [0.1, 0.15) is 16.8 Å². The lowest BCUT2D eigenvalue weighted by molar-refractivity contribution is 0.542. The van der Waals surface area contributed by atoms with Crippen LogP contribution in [0.25, 0.3) is 0 Å². The highest BCUT2D eigenvalue weighted by molar-refractivity contribution is 9.09. The van der Waals surface area contributed by atoms with Crippen LogP contribution >= 0.6 is 31.9 Å². The molecule has 1 aromatic carbocycles. The highest BCUT2D eigenvalue weighted by Gasteiger charge is 2.31. The number of hydrogen-bond donors (Lipinski definition) is 0. The Labute approximate surface area is 130 Å². The van der Waals surface area contributed by atoms with Crippen LogP contribution in [0.4, 0.5) is 0 Å². The van der Waals surface area contributed by atoms with E-state index in [0.717, 1.165) is 22.8 Å². The second-order valence-corrected chi connectivity index (χ2v) is 6.10. The normalized spacial score (nSPS) is 11.8. The minimum atomic E-state index is 0.00204. The van der Waals surface area contributed by atoms with Crippen molar-refractivity contribution in [1.82, 2.24) is 15.0 Å². The van der Waals surface area contributed by atoms with E-state index in [1.807, 2.05) is 13.2 Å². The fraction of sp³-hybridized carbons (Fsp3) is 0.429. The summed E-state index contributed by atoms with van der Waals surface area (Å²) in [6.45, 7) is 2.12. The molecule has 0 bridgehead atoms. The fourth-order valence-electron chi connectivity index (χ4n) is 2.18. The van der Waals surface area contributed by atoms with E-state index in [1.165, 1.54) is 11.1 Å². The smallest absolute Gasteiger partial charge is 0.0836 e. The van der Waals surface area contributed by atoms with E-state index in [-0.39, 0.29) is 5.41 Å². The number of nitrogens with zero attached hydrogens (tertiary/aromatic N) is 3. The van der Waals surface area contributed by atoms with Gasteiger partial charge in [-0.25, -0.2) is 0 Å². The molecule has 0 N–H and O–H groups in total. The first kappa shape index (κ1) is 14.7. The molecule has 1 heterocycles. The Balaban J connectivity index is 2.37. The van der Waals surface area contributed by atoms with Crippen molar-refractivity contribution in [2.24, 2.45) is 7.05 Å². The molecule has 0 unspecified atom stereocenters. The summed E-state index contributed by atoms with van der Waals surface area (Å²) < 4.78 is 1.75. The van der Waals surface area contributed by atoms with Crippen molar-refractivity contribution >= 4 is 31.9 Å². The zero-order chi connectivity index (χ0) is 13.9. The van der Waals surface area contributed by atoms with Crippen LogP contribution in [0.5, 0.6) is 0 Å². The summed E-state index contributed by atoms with van der Waals surface area (Å²) in [5.74, 6) is 0. The summed E-state index contributed by atoms with van der Waals surface area (Å²) in [4.78, 5) is 0. The molecular weight excluding hydrogens is 370 g/mol. The van der Waals surface area contributed by atoms with Gasteiger partial charge in [-0.1, -0.05) is 66.9 Å². The van der Waals surface area contributed by atoms with Gasteiger partial charge in [-0.3, -0.25) is 4.68 Å². The molecule has 2 rings (SSSR count). The Morgan fingerprint density at radius 3 is 2.53 bits per heavy atom. The third kappa shape index (κ3) is 3.26. The molecule has 0 radical (unpaired) electrons. The van der Waals surface area contributed by atoms with Crippen LogP contribution < -0.4 is 0 Å². The van der Waals surface area contributed by atoms with Crippen molar-refractivity contribution in [2.75, 3.05) is 10.7 Å². The largest absolute Gasteiger partial charge is 0.255 e. The second-order valence-electron chi connectivity index (χ2n) is 4.98. The lowest BCUT2D eigenvalue weighted by Gasteiger charge is -2.30. The standard InChI is InChI=1S/C14H17Br2N3/c1-11-4-3-5-12(6-11)14(9-15,10-16)7-13-8-19(2)18-17-13/h3-6,8H,7,9-10H2,1-2H3. The molecule has 0 atom stereocenters. The molecule has 19 heavy (non-hydrogen) atoms. The van der Waals surface area contributed by atoms with Crippen LogP contribution in [0.2, 0.25) is 0 Å². The molecule has 0 saturated heterocycles. The molecule has 0 saturated carbocycles. The van der Waals surface area contributed by atoms with Gasteiger partial charge < -0.3 is 0 Å². The van der Waals surface area contributed by atoms with E-state index in [0.29, 0.717) is 0 Å². The second kappa shape index (κ2) is 6.18. The molecule has 0 aliphatic heterocycles. The van der Waals surface area contributed by atoms with Crippen molar-refractivity contribution in [3.8, 4) is 0 Å². The number of alkyl halides is 2. The molecule has 0 aliphatic rings. The fourth-order valence-corrected chi connectivity index (χ4v) is 4.16. The van der Waals surface area contributed by atoms with Gasteiger partial charge in [0.15, 0.2) is 0 Å². The van der Waals surface area contributed by atoms with Crippen molar-refractivity contribution in [2.45, 2.75) is 18.8 Å². The molecule has 3 nitrogen and oxygen atoms in total. The molecule has 0 fully saturated rings. The number of aromatic nitrogens is 3. The average Bonchev–Trinajstić information content (AvgIpc) is 2.81. The SMILES string of the molecule is Cc1cccc(C(CBr)(CBr)Cc2cn(C)nn2)c1. The van der Waals surface area contributed by atoms with Crippen molar-refractivity contribution in [3.63, 3.8) is 0 Å². The first-order valence-corrected chi connectivity index (χ1v) is 8.38. The van der Waals surface area contributed by atoms with Gasteiger partial charge in [0.05, 0.1) is 5.69 Å². The van der Waals surface area contributed by atoms with Crippen molar-refractivity contribution in [3.05, 3.63) is 47.3 Å². The van der Waals surface area contributed by atoms with Crippen LogP contribution in [0.3, 0.4) is 0 Å². The van der Waals surface area contributed by atoms with Crippen molar-refractivity contribution < 1.29 is 0 Å². The molecule has 0 amide bonds. The van der Waals surface area contributed by atoms with Crippen molar-refractivity contribution in [1.29, 1.82) is 0 Å². The number of aryl methyl sites for hydroxylation is 2. The van der Waals surface area contributed by atoms with Crippen LogP contribution in [-0.4, -0.2) is 25.7 Å². The third-order valence-corrected chi connectivity index (χ3v) is 5.46. The zero-order valence-corrected chi connectivity index (χ0v) is 14.3. The van der Waals surface area contributed by atoms with E-state index in [9.17, 15) is 0 Å². The Bertz CT molecular complexity index is 547. The van der Waals surface area contributed by atoms with E-state index in [2.05, 4.69) is 73.4 Å². The average molecular weight is 387 g/mol. The third-order valence-electron chi connectivity index (χ3n) is 3.31. The predicted molar refractivity (Wildman–Crippen MR) is 85.2 cm³/mol. The summed E-state index contributed by atoms with van der Waals surface area (Å²) in [6.07, 6.45) is 2.84. The lowest BCUT2D eigenvalue weighted by atomic mass is 9.80. The molecule has 0 aliphatic carbocycles. The number of rotatable bonds is 5. The van der Waals surface area contributed by atoms with Crippen LogP contribution in [-0.2, 0) is 18.9 Å². The lowest BCUT2D eigenvalue weighted by Crippen LogP contribution is -2.33. The Hall–Kier alpha value is -0.680. The van der Waals surface area contributed by atoms with Gasteiger partial charge in [0, 0.05) is 35.7 Å². The summed E-state index contributed by atoms with van der Waals surface area (Å²) in [5, 5.41) is 9.99. The quantitative estimate of drug-likeness (QED) is 0.737. The van der Waals surface area contributed by atoms with Gasteiger partial charge in [-0.05, 0) is 12.5 Å². The van der Waals surface area contributed by atoms with Gasteiger partial charge in [0.1, 0.15) is 0 Å². The molecular formula is C14H17Br2N3. The number of benzene rings is 1. The maximum Gasteiger partial charge on any atom is 0.0836 e. The van der Waals surface area contributed by atoms with E-state index in [4.69, 9.17) is 0 Å². The number of hydrogen-bond acceptors (Lipinski definition) is 2. The molecule has 5 heteroatoms. The summed E-state index contributed by atoms with van der Waals surface area (Å²) >= 11 is 7.35. The highest BCUT2D eigenvalue weighted by Crippen LogP contribution is 2.32. The summed E-state index contributed by atoms with van der Waals surface area (Å²) in [7, 11) is 1.90. The Kier molecular flexibility index (Phi) is 4.79. The van der Waals surface area contributed by atoms with Gasteiger partial charge in [-0.15, -0.1) is 5.10 Å². The molecule has 0 spiro atoms. The van der Waals surface area contributed by atoms with Gasteiger partial charge in [-0.2, -0.15) is 0 Å². The molecule has 102 valence electrons. The Morgan fingerprint density at radius 2 is 2.00 bits per heavy atom. The number of halogens is 2. The topological polar surface area (TPSA) is 30.7 Å². The van der Waals surface area contributed by atoms with Crippen LogP contribution in [0.15, 0.2) is 30.5 Å². The van der Waals surface area contributed by atoms with Crippen LogP contribution in [0, 0.1) is 6.92 Å². The first-order chi connectivity index (χ1) is 9.09. The van der Waals surface area contributed by atoms with E-state index >= 15 is 0 Å². The zero-order valence-electron chi connectivity index (χ0n) is 11.1. The minimum Gasteiger partial charge on any atom is -0.255 e. The van der Waals surface area contributed by atoms with E-state index < -0.39 is 0 Å². The summed E-state index contributed by atoms with van der Waals surface area (Å²) in [5.41, 5.74) is 3.62. The Morgan fingerprint density at radius 1 is 1.26 bits per heavy atom. The summed E-state index contributed by atoms with van der Waals surface area (Å²) in [6, 6.07) is 8.67. The van der Waals surface area contributed by atoms with Gasteiger partial charge >= 0.3 is 0 Å². The molecule has 1 aromatic heterocycles. The first-order valence-electron chi connectivity index (χ1n) is 6.14. The predicted octanol–water partition coefficient (Wildman–Crippen LogP) is 3.39. The minimum absolute atomic E-state index is 0.00204. The highest BCUT2D eigenvalue weighted by atomic mass is 79.9. The van der Waals surface area contributed by atoms with E-state index in [1.54, 1.807) is 4.68 Å². The maximum absolute atomic E-state index is 4.22.